The number of methoxy groups -OCH3 is 2. The lowest BCUT2D eigenvalue weighted by Gasteiger charge is -2.14. The Balaban J connectivity index is 3.25. The Labute approximate surface area is 128 Å². The van der Waals surface area contributed by atoms with Crippen molar-refractivity contribution in [2.45, 2.75) is 25.3 Å². The summed E-state index contributed by atoms with van der Waals surface area (Å²) in [5.74, 6) is 0.204. The van der Waals surface area contributed by atoms with Gasteiger partial charge in [-0.1, -0.05) is 13.8 Å². The smallest absolute Gasteiger partial charge is 0.261 e. The van der Waals surface area contributed by atoms with Gasteiger partial charge in [0.2, 0.25) is 5.91 Å². The molecule has 0 atom stereocenters. The molecule has 0 fully saturated rings. The third-order valence-electron chi connectivity index (χ3n) is 2.81. The third kappa shape index (κ3) is 4.50. The SMILES string of the molecule is COc1cc(CNC(=O)C(C)C)c(S(=O)(=O)Cl)cc1OC. The molecule has 0 aliphatic heterocycles. The number of carbonyl (C=O) groups is 1. The molecule has 0 aromatic heterocycles. The lowest BCUT2D eigenvalue weighted by atomic mass is 10.1. The van der Waals surface area contributed by atoms with Gasteiger partial charge in [0.15, 0.2) is 11.5 Å². The molecular weight excluding hydrogens is 318 g/mol. The highest BCUT2D eigenvalue weighted by Gasteiger charge is 2.20. The second kappa shape index (κ2) is 7.00. The number of nitrogens with one attached hydrogen (secondary N) is 1. The number of carbonyl (C=O) groups excluding carboxylic acids is 1. The summed E-state index contributed by atoms with van der Waals surface area (Å²) in [6.45, 7) is 3.50. The van der Waals surface area contributed by atoms with E-state index in [2.05, 4.69) is 5.32 Å². The van der Waals surface area contributed by atoms with E-state index in [-0.39, 0.29) is 29.0 Å². The van der Waals surface area contributed by atoms with Crippen molar-refractivity contribution >= 4 is 25.6 Å². The van der Waals surface area contributed by atoms with Gasteiger partial charge in [-0.25, -0.2) is 8.42 Å². The van der Waals surface area contributed by atoms with Crippen molar-refractivity contribution in [3.05, 3.63) is 17.7 Å². The van der Waals surface area contributed by atoms with Gasteiger partial charge in [-0.05, 0) is 11.6 Å². The number of benzene rings is 1. The zero-order chi connectivity index (χ0) is 16.2. The van der Waals surface area contributed by atoms with Crippen molar-refractivity contribution in [1.82, 2.24) is 5.32 Å². The van der Waals surface area contributed by atoms with E-state index in [4.69, 9.17) is 20.2 Å². The minimum absolute atomic E-state index is 0.0264. The monoisotopic (exact) mass is 335 g/mol. The largest absolute Gasteiger partial charge is 0.493 e. The molecule has 0 saturated carbocycles. The summed E-state index contributed by atoms with van der Waals surface area (Å²) in [6, 6.07) is 2.76. The topological polar surface area (TPSA) is 81.7 Å². The first-order valence-corrected chi connectivity index (χ1v) is 8.49. The molecule has 0 heterocycles. The fourth-order valence-electron chi connectivity index (χ4n) is 1.65. The van der Waals surface area contributed by atoms with Crippen LogP contribution in [0.25, 0.3) is 0 Å². The predicted molar refractivity (Wildman–Crippen MR) is 79.3 cm³/mol. The first kappa shape index (κ1) is 17.6. The average Bonchev–Trinajstić information content (AvgIpc) is 2.42. The maximum Gasteiger partial charge on any atom is 0.261 e. The summed E-state index contributed by atoms with van der Waals surface area (Å²) in [5.41, 5.74) is 0.330. The van der Waals surface area contributed by atoms with Crippen LogP contribution in [0.4, 0.5) is 0 Å². The molecule has 0 aliphatic carbocycles. The zero-order valence-corrected chi connectivity index (χ0v) is 13.8. The first-order chi connectivity index (χ1) is 9.70. The fourth-order valence-corrected chi connectivity index (χ4v) is 2.78. The number of amides is 1. The van der Waals surface area contributed by atoms with E-state index in [0.29, 0.717) is 11.3 Å². The van der Waals surface area contributed by atoms with Crippen molar-refractivity contribution in [3.63, 3.8) is 0 Å². The van der Waals surface area contributed by atoms with Crippen molar-refractivity contribution in [1.29, 1.82) is 0 Å². The second-order valence-corrected chi connectivity index (χ2v) is 7.16. The molecule has 6 nitrogen and oxygen atoms in total. The Hall–Kier alpha value is -1.47. The Morgan fingerprint density at radius 2 is 1.76 bits per heavy atom. The van der Waals surface area contributed by atoms with Gasteiger partial charge in [-0.3, -0.25) is 4.79 Å². The van der Waals surface area contributed by atoms with Crippen LogP contribution in [0, 0.1) is 5.92 Å². The predicted octanol–water partition coefficient (Wildman–Crippen LogP) is 1.90. The molecule has 8 heteroatoms. The Morgan fingerprint density at radius 3 is 2.19 bits per heavy atom. The van der Waals surface area contributed by atoms with Crippen LogP contribution in [0.1, 0.15) is 19.4 Å². The normalized spacial score (nSPS) is 11.3. The zero-order valence-electron chi connectivity index (χ0n) is 12.3. The lowest BCUT2D eigenvalue weighted by Crippen LogP contribution is -2.27. The molecule has 0 radical (unpaired) electrons. The molecule has 0 aliphatic rings. The lowest BCUT2D eigenvalue weighted by molar-refractivity contribution is -0.124. The maximum absolute atomic E-state index is 11.7. The maximum atomic E-state index is 11.7. The van der Waals surface area contributed by atoms with Crippen LogP contribution in [0.5, 0.6) is 11.5 Å². The average molecular weight is 336 g/mol. The highest BCUT2D eigenvalue weighted by atomic mass is 35.7. The van der Waals surface area contributed by atoms with Gasteiger partial charge in [0.05, 0.1) is 19.1 Å². The van der Waals surface area contributed by atoms with E-state index in [9.17, 15) is 13.2 Å². The van der Waals surface area contributed by atoms with E-state index in [0.717, 1.165) is 0 Å². The molecule has 21 heavy (non-hydrogen) atoms. The Bertz CT molecular complexity index is 628. The molecule has 1 aromatic carbocycles. The van der Waals surface area contributed by atoms with Gasteiger partial charge in [0, 0.05) is 29.2 Å². The van der Waals surface area contributed by atoms with E-state index in [1.807, 2.05) is 0 Å². The van der Waals surface area contributed by atoms with Gasteiger partial charge in [-0.2, -0.15) is 0 Å². The molecular formula is C13H18ClNO5S. The summed E-state index contributed by atoms with van der Waals surface area (Å²) in [6.07, 6.45) is 0. The highest BCUT2D eigenvalue weighted by molar-refractivity contribution is 8.13. The molecule has 1 amide bonds. The summed E-state index contributed by atoms with van der Waals surface area (Å²) in [7, 11) is 4.28. The number of hydrogen-bond acceptors (Lipinski definition) is 5. The van der Waals surface area contributed by atoms with Gasteiger partial charge >= 0.3 is 0 Å². The van der Waals surface area contributed by atoms with Gasteiger partial charge < -0.3 is 14.8 Å². The minimum atomic E-state index is -3.97. The number of ether oxygens (including phenoxy) is 2. The van der Waals surface area contributed by atoms with Crippen LogP contribution in [0.2, 0.25) is 0 Å². The van der Waals surface area contributed by atoms with Gasteiger partial charge in [-0.15, -0.1) is 0 Å². The third-order valence-corrected chi connectivity index (χ3v) is 4.21. The summed E-state index contributed by atoms with van der Waals surface area (Å²) in [5, 5.41) is 2.64. The molecule has 1 N–H and O–H groups in total. The molecule has 118 valence electrons. The fraction of sp³-hybridized carbons (Fsp3) is 0.462. The molecule has 1 rings (SSSR count). The highest BCUT2D eigenvalue weighted by Crippen LogP contribution is 2.34. The Morgan fingerprint density at radius 1 is 1.24 bits per heavy atom. The van der Waals surface area contributed by atoms with Crippen molar-refractivity contribution in [3.8, 4) is 11.5 Å². The number of halogens is 1. The van der Waals surface area contributed by atoms with Crippen LogP contribution >= 0.6 is 10.7 Å². The van der Waals surface area contributed by atoms with E-state index < -0.39 is 9.05 Å². The van der Waals surface area contributed by atoms with E-state index in [1.54, 1.807) is 13.8 Å². The van der Waals surface area contributed by atoms with Crippen LogP contribution in [0.3, 0.4) is 0 Å². The minimum Gasteiger partial charge on any atom is -0.493 e. The van der Waals surface area contributed by atoms with Crippen LogP contribution in [-0.2, 0) is 20.4 Å². The molecule has 1 aromatic rings. The standard InChI is InChI=1S/C13H18ClNO5S/c1-8(2)13(16)15-7-9-5-10(19-3)11(20-4)6-12(9)21(14,17)18/h5-6,8H,7H2,1-4H3,(H,15,16). The second-order valence-electron chi connectivity index (χ2n) is 4.63. The number of hydrogen-bond donors (Lipinski definition) is 1. The van der Waals surface area contributed by atoms with Gasteiger partial charge in [0.1, 0.15) is 0 Å². The molecule has 0 unspecified atom stereocenters. The van der Waals surface area contributed by atoms with Crippen molar-refractivity contribution in [2.75, 3.05) is 14.2 Å². The molecule has 0 bridgehead atoms. The van der Waals surface area contributed by atoms with Crippen LogP contribution in [-0.4, -0.2) is 28.5 Å². The van der Waals surface area contributed by atoms with Crippen LogP contribution < -0.4 is 14.8 Å². The van der Waals surface area contributed by atoms with Gasteiger partial charge in [0.25, 0.3) is 9.05 Å². The first-order valence-electron chi connectivity index (χ1n) is 6.18. The summed E-state index contributed by atoms with van der Waals surface area (Å²) in [4.78, 5) is 11.5. The molecule has 0 saturated heterocycles. The summed E-state index contributed by atoms with van der Waals surface area (Å²) >= 11 is 0. The quantitative estimate of drug-likeness (QED) is 0.803. The van der Waals surface area contributed by atoms with Crippen molar-refractivity contribution < 1.29 is 22.7 Å². The number of rotatable bonds is 6. The van der Waals surface area contributed by atoms with E-state index in [1.165, 1.54) is 26.4 Å². The van der Waals surface area contributed by atoms with Crippen LogP contribution in [0.15, 0.2) is 17.0 Å². The molecule has 0 spiro atoms. The van der Waals surface area contributed by atoms with E-state index >= 15 is 0 Å². The summed E-state index contributed by atoms with van der Waals surface area (Å²) < 4.78 is 33.5. The Kier molecular flexibility index (Phi) is 5.86. The van der Waals surface area contributed by atoms with Crippen molar-refractivity contribution in [2.24, 2.45) is 5.92 Å².